The Morgan fingerprint density at radius 3 is 3.00 bits per heavy atom. The van der Waals surface area contributed by atoms with Crippen molar-refractivity contribution in [3.63, 3.8) is 0 Å². The molecule has 0 aliphatic heterocycles. The summed E-state index contributed by atoms with van der Waals surface area (Å²) < 4.78 is 5.24. The van der Waals surface area contributed by atoms with Crippen LogP contribution in [0.3, 0.4) is 0 Å². The third kappa shape index (κ3) is 0.707. The second-order valence-corrected chi connectivity index (χ2v) is 1.94. The van der Waals surface area contributed by atoms with Crippen LogP contribution in [0, 0.1) is 9.83 Å². The van der Waals surface area contributed by atoms with E-state index >= 15 is 0 Å². The van der Waals surface area contributed by atoms with Crippen LogP contribution >= 0.6 is 22.6 Å². The molecule has 1 aromatic rings. The molecule has 0 unspecified atom stereocenters. The largest absolute Gasteiger partial charge is 0.352 e. The molecule has 0 saturated carbocycles. The molecule has 0 aliphatic rings. The minimum absolute atomic E-state index is 0.910. The molecule has 1 aromatic heterocycles. The predicted octanol–water partition coefficient (Wildman–Crippen LogP) is 1.08. The summed E-state index contributed by atoms with van der Waals surface area (Å²) in [6, 6.07) is 0. The number of hydrogen-bond acceptors (Lipinski definition) is 2. The van der Waals surface area contributed by atoms with Gasteiger partial charge in [-0.05, 0) is 22.6 Å². The molecular formula is C3HINO. The highest BCUT2D eigenvalue weighted by Gasteiger charge is 1.82. The monoisotopic (exact) mass is 194 g/mol. The Balaban J connectivity index is 3.05. The van der Waals surface area contributed by atoms with Crippen molar-refractivity contribution >= 4 is 22.6 Å². The lowest BCUT2D eigenvalue weighted by Gasteiger charge is -1.54. The van der Waals surface area contributed by atoms with Crippen molar-refractivity contribution in [3.05, 3.63) is 16.0 Å². The summed E-state index contributed by atoms with van der Waals surface area (Å²) in [5, 5.41) is 3.38. The van der Waals surface area contributed by atoms with Crippen LogP contribution in [0.4, 0.5) is 0 Å². The van der Waals surface area contributed by atoms with E-state index in [1.165, 1.54) is 0 Å². The standard InChI is InChI=1S/C3HINO/c4-3-1-5-6-2-3/h1H. The summed E-state index contributed by atoms with van der Waals surface area (Å²) in [7, 11) is 0. The van der Waals surface area contributed by atoms with E-state index in [0.29, 0.717) is 0 Å². The molecule has 1 heterocycles. The second kappa shape index (κ2) is 1.59. The highest BCUT2D eigenvalue weighted by Crippen LogP contribution is 1.96. The Morgan fingerprint density at radius 2 is 2.83 bits per heavy atom. The fraction of sp³-hybridized carbons (Fsp3) is 0. The molecule has 0 amide bonds. The van der Waals surface area contributed by atoms with Gasteiger partial charge >= 0.3 is 0 Å². The first-order valence-corrected chi connectivity index (χ1v) is 2.45. The van der Waals surface area contributed by atoms with Gasteiger partial charge in [-0.2, -0.15) is 0 Å². The van der Waals surface area contributed by atoms with E-state index in [1.807, 2.05) is 0 Å². The molecule has 0 bridgehead atoms. The van der Waals surface area contributed by atoms with Crippen molar-refractivity contribution in [3.8, 4) is 0 Å². The quantitative estimate of drug-likeness (QED) is 0.577. The zero-order valence-corrected chi connectivity index (χ0v) is 4.97. The highest BCUT2D eigenvalue weighted by atomic mass is 127. The summed E-state index contributed by atoms with van der Waals surface area (Å²) >= 11 is 2.06. The Kier molecular flexibility index (Phi) is 1.09. The Bertz CT molecular complexity index is 114. The fourth-order valence-electron chi connectivity index (χ4n) is 0.169. The van der Waals surface area contributed by atoms with E-state index in [4.69, 9.17) is 0 Å². The van der Waals surface area contributed by atoms with Crippen molar-refractivity contribution in [1.82, 2.24) is 5.16 Å². The molecule has 31 valence electrons. The average Bonchev–Trinajstić information content (AvgIpc) is 1.86. The molecule has 1 rings (SSSR count). The number of aromatic nitrogens is 1. The number of nitrogens with zero attached hydrogens (tertiary/aromatic N) is 1. The topological polar surface area (TPSA) is 26.0 Å². The lowest BCUT2D eigenvalue weighted by molar-refractivity contribution is 0.412. The third-order valence-corrected chi connectivity index (χ3v) is 0.861. The van der Waals surface area contributed by atoms with E-state index in [-0.39, 0.29) is 0 Å². The SMILES string of the molecule is Ic1[c]onc1. The van der Waals surface area contributed by atoms with Gasteiger partial charge in [-0.15, -0.1) is 0 Å². The second-order valence-electron chi connectivity index (χ2n) is 0.776. The van der Waals surface area contributed by atoms with E-state index in [9.17, 15) is 0 Å². The molecule has 1 radical (unpaired) electrons. The van der Waals surface area contributed by atoms with Gasteiger partial charge in [-0.1, -0.05) is 5.16 Å². The lowest BCUT2D eigenvalue weighted by Crippen LogP contribution is -1.48. The van der Waals surface area contributed by atoms with Crippen molar-refractivity contribution < 1.29 is 4.52 Å². The van der Waals surface area contributed by atoms with Gasteiger partial charge in [-0.25, -0.2) is 0 Å². The number of hydrogen-bond donors (Lipinski definition) is 0. The first kappa shape index (κ1) is 4.11. The van der Waals surface area contributed by atoms with Gasteiger partial charge in [0.1, 0.15) is 0 Å². The van der Waals surface area contributed by atoms with Gasteiger partial charge in [0.2, 0.25) is 6.26 Å². The molecule has 0 saturated heterocycles. The van der Waals surface area contributed by atoms with Gasteiger partial charge < -0.3 is 4.52 Å². The highest BCUT2D eigenvalue weighted by molar-refractivity contribution is 14.1. The smallest absolute Gasteiger partial charge is 0.219 e. The maximum absolute atomic E-state index is 4.33. The number of halogens is 1. The van der Waals surface area contributed by atoms with Crippen LogP contribution in [-0.2, 0) is 0 Å². The maximum atomic E-state index is 4.33. The molecule has 0 N–H and O–H groups in total. The molecule has 0 aliphatic carbocycles. The average molecular weight is 194 g/mol. The molecule has 0 spiro atoms. The summed E-state index contributed by atoms with van der Waals surface area (Å²) in [5.74, 6) is 0. The Morgan fingerprint density at radius 1 is 2.00 bits per heavy atom. The van der Waals surface area contributed by atoms with Crippen molar-refractivity contribution in [2.45, 2.75) is 0 Å². The van der Waals surface area contributed by atoms with E-state index in [1.54, 1.807) is 6.20 Å². The molecule has 2 nitrogen and oxygen atoms in total. The molecular weight excluding hydrogens is 193 g/mol. The van der Waals surface area contributed by atoms with E-state index in [2.05, 4.69) is 38.5 Å². The molecule has 6 heavy (non-hydrogen) atoms. The first-order chi connectivity index (χ1) is 2.89. The van der Waals surface area contributed by atoms with E-state index < -0.39 is 0 Å². The Hall–Kier alpha value is -0.0600. The van der Waals surface area contributed by atoms with Crippen LogP contribution in [0.1, 0.15) is 0 Å². The molecule has 0 atom stereocenters. The lowest BCUT2D eigenvalue weighted by atomic mass is 10.8. The van der Waals surface area contributed by atoms with Crippen LogP contribution < -0.4 is 0 Å². The van der Waals surface area contributed by atoms with Crippen LogP contribution in [-0.4, -0.2) is 5.16 Å². The first-order valence-electron chi connectivity index (χ1n) is 1.37. The van der Waals surface area contributed by atoms with Crippen LogP contribution in [0.25, 0.3) is 0 Å². The van der Waals surface area contributed by atoms with E-state index in [0.717, 1.165) is 3.57 Å². The number of rotatable bonds is 0. The van der Waals surface area contributed by atoms with Crippen LogP contribution in [0.15, 0.2) is 10.7 Å². The van der Waals surface area contributed by atoms with Crippen LogP contribution in [0.5, 0.6) is 0 Å². The normalized spacial score (nSPS) is 8.83. The molecule has 3 heteroatoms. The van der Waals surface area contributed by atoms with Crippen molar-refractivity contribution in [1.29, 1.82) is 0 Å². The van der Waals surface area contributed by atoms with Gasteiger partial charge in [0, 0.05) is 0 Å². The van der Waals surface area contributed by atoms with Gasteiger partial charge in [-0.3, -0.25) is 0 Å². The zero-order valence-electron chi connectivity index (χ0n) is 2.81. The minimum atomic E-state index is 0.910. The summed E-state index contributed by atoms with van der Waals surface area (Å²) in [4.78, 5) is 0. The minimum Gasteiger partial charge on any atom is -0.352 e. The molecule has 0 fully saturated rings. The van der Waals surface area contributed by atoms with Crippen molar-refractivity contribution in [2.24, 2.45) is 0 Å². The van der Waals surface area contributed by atoms with Crippen LogP contribution in [0.2, 0.25) is 0 Å². The maximum Gasteiger partial charge on any atom is 0.219 e. The van der Waals surface area contributed by atoms with Gasteiger partial charge in [0.15, 0.2) is 0 Å². The predicted molar refractivity (Wildman–Crippen MR) is 28.1 cm³/mol. The third-order valence-electron chi connectivity index (χ3n) is 0.362. The summed E-state index contributed by atoms with van der Waals surface area (Å²) in [5.41, 5.74) is 0. The summed E-state index contributed by atoms with van der Waals surface area (Å²) in [6.45, 7) is 0. The Labute approximate surface area is 48.7 Å². The fourth-order valence-corrected chi connectivity index (χ4v) is 0.381. The zero-order chi connectivity index (χ0) is 4.41. The summed E-state index contributed by atoms with van der Waals surface area (Å²) in [6.07, 6.45) is 4.10. The van der Waals surface area contributed by atoms with Gasteiger partial charge in [0.25, 0.3) is 0 Å². The molecule has 0 aromatic carbocycles. The van der Waals surface area contributed by atoms with Gasteiger partial charge in [0.05, 0.1) is 9.77 Å². The van der Waals surface area contributed by atoms with Crippen molar-refractivity contribution in [2.75, 3.05) is 0 Å².